The molecule has 0 saturated heterocycles. The van der Waals surface area contributed by atoms with Crippen LogP contribution in [-0.2, 0) is 13.0 Å². The Morgan fingerprint density at radius 1 is 1.23 bits per heavy atom. The van der Waals surface area contributed by atoms with Gasteiger partial charge in [0.05, 0.1) is 5.69 Å². The maximum atomic E-state index is 12.8. The number of hydrogen-bond acceptors (Lipinski definition) is 3. The molecule has 1 aliphatic rings. The fourth-order valence-electron chi connectivity index (χ4n) is 3.15. The summed E-state index contributed by atoms with van der Waals surface area (Å²) in [5, 5.41) is 6.32. The Labute approximate surface area is 157 Å². The smallest absolute Gasteiger partial charge is 0.291 e. The van der Waals surface area contributed by atoms with Gasteiger partial charge < -0.3 is 15.2 Å². The molecule has 0 unspecified atom stereocenters. The fraction of sp³-hybridized carbons (Fsp3) is 0.421. The van der Waals surface area contributed by atoms with E-state index in [0.717, 1.165) is 30.5 Å². The van der Waals surface area contributed by atoms with Gasteiger partial charge in [-0.05, 0) is 57.7 Å². The lowest BCUT2D eigenvalue weighted by atomic mass is 10.1. The Morgan fingerprint density at radius 3 is 2.73 bits per heavy atom. The standard InChI is InChI=1S/C19H23ClN4O2/c1-11(2)21-18(25)16-15-9-4-5-10-24(15)17(23-16)19(26)22-14-8-6-7-13(20)12(14)3/h6-8,11H,4-5,9-10H2,1-3H3,(H,21,25)(H,22,26). The molecule has 2 heterocycles. The van der Waals surface area contributed by atoms with E-state index in [0.29, 0.717) is 22.9 Å². The molecule has 2 N–H and O–H groups in total. The summed E-state index contributed by atoms with van der Waals surface area (Å²) in [6.45, 7) is 6.33. The highest BCUT2D eigenvalue weighted by atomic mass is 35.5. The quantitative estimate of drug-likeness (QED) is 0.858. The van der Waals surface area contributed by atoms with E-state index in [1.807, 2.05) is 25.3 Å². The average molecular weight is 375 g/mol. The molecule has 0 bridgehead atoms. The Morgan fingerprint density at radius 2 is 2.00 bits per heavy atom. The first-order valence-corrected chi connectivity index (χ1v) is 9.23. The van der Waals surface area contributed by atoms with E-state index in [4.69, 9.17) is 11.6 Å². The van der Waals surface area contributed by atoms with Crippen LogP contribution in [0.3, 0.4) is 0 Å². The number of anilines is 1. The van der Waals surface area contributed by atoms with Crippen molar-refractivity contribution in [1.82, 2.24) is 14.9 Å². The molecule has 0 fully saturated rings. The molecule has 1 aromatic heterocycles. The third-order valence-electron chi connectivity index (χ3n) is 4.47. The van der Waals surface area contributed by atoms with Crippen LogP contribution >= 0.6 is 11.6 Å². The second kappa shape index (κ2) is 7.50. The van der Waals surface area contributed by atoms with E-state index in [9.17, 15) is 9.59 Å². The normalized spacial score (nSPS) is 13.4. The molecule has 1 aromatic carbocycles. The van der Waals surface area contributed by atoms with Gasteiger partial charge in [-0.3, -0.25) is 9.59 Å². The minimum atomic E-state index is -0.331. The molecule has 1 aliphatic heterocycles. The summed E-state index contributed by atoms with van der Waals surface area (Å²) in [7, 11) is 0. The number of amides is 2. The SMILES string of the molecule is Cc1c(Cl)cccc1NC(=O)c1nc(C(=O)NC(C)C)c2n1CCCC2. The predicted molar refractivity (Wildman–Crippen MR) is 102 cm³/mol. The van der Waals surface area contributed by atoms with Crippen LogP contribution in [0, 0.1) is 6.92 Å². The highest BCUT2D eigenvalue weighted by Crippen LogP contribution is 2.25. The molecule has 7 heteroatoms. The minimum absolute atomic E-state index is 0.00910. The summed E-state index contributed by atoms with van der Waals surface area (Å²) in [5.74, 6) is -0.293. The summed E-state index contributed by atoms with van der Waals surface area (Å²) in [6.07, 6.45) is 2.70. The summed E-state index contributed by atoms with van der Waals surface area (Å²) >= 11 is 6.13. The largest absolute Gasteiger partial charge is 0.348 e. The lowest BCUT2D eigenvalue weighted by Crippen LogP contribution is -2.31. The molecule has 138 valence electrons. The van der Waals surface area contributed by atoms with Crippen molar-refractivity contribution in [3.8, 4) is 0 Å². The second-order valence-electron chi connectivity index (χ2n) is 6.83. The van der Waals surface area contributed by atoms with Gasteiger partial charge in [-0.15, -0.1) is 0 Å². The first kappa shape index (κ1) is 18.5. The molecule has 26 heavy (non-hydrogen) atoms. The van der Waals surface area contributed by atoms with Crippen LogP contribution in [0.4, 0.5) is 5.69 Å². The topological polar surface area (TPSA) is 76.0 Å². The highest BCUT2D eigenvalue weighted by molar-refractivity contribution is 6.31. The van der Waals surface area contributed by atoms with Crippen molar-refractivity contribution < 1.29 is 9.59 Å². The fourth-order valence-corrected chi connectivity index (χ4v) is 3.32. The number of hydrogen-bond donors (Lipinski definition) is 2. The Balaban J connectivity index is 1.94. The number of imidazole rings is 1. The maximum Gasteiger partial charge on any atom is 0.291 e. The first-order valence-electron chi connectivity index (χ1n) is 8.85. The molecule has 3 rings (SSSR count). The van der Waals surface area contributed by atoms with Gasteiger partial charge in [-0.2, -0.15) is 0 Å². The minimum Gasteiger partial charge on any atom is -0.348 e. The molecular formula is C19H23ClN4O2. The van der Waals surface area contributed by atoms with Crippen molar-refractivity contribution in [2.45, 2.75) is 52.6 Å². The number of aromatic nitrogens is 2. The number of fused-ring (bicyclic) bond motifs is 1. The number of carbonyl (C=O) groups is 2. The molecule has 0 radical (unpaired) electrons. The van der Waals surface area contributed by atoms with E-state index in [2.05, 4.69) is 15.6 Å². The van der Waals surface area contributed by atoms with Crippen LogP contribution in [0.1, 0.15) is 59.1 Å². The van der Waals surface area contributed by atoms with Crippen molar-refractivity contribution in [2.24, 2.45) is 0 Å². The summed E-state index contributed by atoms with van der Waals surface area (Å²) in [6, 6.07) is 5.37. The van der Waals surface area contributed by atoms with Crippen LogP contribution in [0.15, 0.2) is 18.2 Å². The van der Waals surface area contributed by atoms with E-state index >= 15 is 0 Å². The first-order chi connectivity index (χ1) is 12.4. The van der Waals surface area contributed by atoms with Gasteiger partial charge in [0.1, 0.15) is 5.69 Å². The third-order valence-corrected chi connectivity index (χ3v) is 4.88. The van der Waals surface area contributed by atoms with Crippen LogP contribution < -0.4 is 10.6 Å². The summed E-state index contributed by atoms with van der Waals surface area (Å²) in [5.41, 5.74) is 2.63. The number of rotatable bonds is 4. The van der Waals surface area contributed by atoms with Gasteiger partial charge >= 0.3 is 0 Å². The molecule has 2 aromatic rings. The highest BCUT2D eigenvalue weighted by Gasteiger charge is 2.27. The van der Waals surface area contributed by atoms with Crippen LogP contribution in [0.25, 0.3) is 0 Å². The van der Waals surface area contributed by atoms with Crippen LogP contribution in [0.5, 0.6) is 0 Å². The lowest BCUT2D eigenvalue weighted by molar-refractivity contribution is 0.0937. The van der Waals surface area contributed by atoms with Gasteiger partial charge in [0.15, 0.2) is 5.82 Å². The van der Waals surface area contributed by atoms with Gasteiger partial charge in [0.2, 0.25) is 0 Å². The van der Waals surface area contributed by atoms with E-state index in [-0.39, 0.29) is 23.7 Å². The van der Waals surface area contributed by atoms with Gasteiger partial charge in [-0.1, -0.05) is 17.7 Å². The molecular weight excluding hydrogens is 352 g/mol. The zero-order valence-corrected chi connectivity index (χ0v) is 16.0. The monoisotopic (exact) mass is 374 g/mol. The molecule has 0 aliphatic carbocycles. The molecule has 2 amide bonds. The second-order valence-corrected chi connectivity index (χ2v) is 7.24. The Bertz CT molecular complexity index is 857. The van der Waals surface area contributed by atoms with Gasteiger partial charge in [0, 0.05) is 23.3 Å². The molecule has 0 spiro atoms. The Hall–Kier alpha value is -2.34. The zero-order chi connectivity index (χ0) is 18.8. The maximum absolute atomic E-state index is 12.8. The van der Waals surface area contributed by atoms with Gasteiger partial charge in [0.25, 0.3) is 11.8 Å². The van der Waals surface area contributed by atoms with E-state index in [1.54, 1.807) is 18.2 Å². The number of carbonyl (C=O) groups excluding carboxylic acids is 2. The van der Waals surface area contributed by atoms with Crippen LogP contribution in [0.2, 0.25) is 5.02 Å². The zero-order valence-electron chi connectivity index (χ0n) is 15.2. The van der Waals surface area contributed by atoms with E-state index < -0.39 is 0 Å². The van der Waals surface area contributed by atoms with Crippen molar-refractivity contribution in [2.75, 3.05) is 5.32 Å². The van der Waals surface area contributed by atoms with Crippen molar-refractivity contribution in [1.29, 1.82) is 0 Å². The third kappa shape index (κ3) is 3.60. The summed E-state index contributed by atoms with van der Waals surface area (Å²) < 4.78 is 1.87. The van der Waals surface area contributed by atoms with Crippen molar-refractivity contribution in [3.05, 3.63) is 46.0 Å². The number of halogens is 1. The van der Waals surface area contributed by atoms with Crippen molar-refractivity contribution >= 4 is 29.1 Å². The van der Waals surface area contributed by atoms with E-state index in [1.165, 1.54) is 0 Å². The Kier molecular flexibility index (Phi) is 5.32. The predicted octanol–water partition coefficient (Wildman–Crippen LogP) is 3.57. The molecule has 0 saturated carbocycles. The van der Waals surface area contributed by atoms with Crippen molar-refractivity contribution in [3.63, 3.8) is 0 Å². The van der Waals surface area contributed by atoms with Gasteiger partial charge in [-0.25, -0.2) is 4.98 Å². The average Bonchev–Trinajstić information content (AvgIpc) is 2.98. The number of benzene rings is 1. The molecule has 0 atom stereocenters. The molecule has 6 nitrogen and oxygen atoms in total. The number of nitrogens with one attached hydrogen (secondary N) is 2. The lowest BCUT2D eigenvalue weighted by Gasteiger charge is -2.17. The summed E-state index contributed by atoms with van der Waals surface area (Å²) in [4.78, 5) is 29.7. The number of nitrogens with zero attached hydrogens (tertiary/aromatic N) is 2. The van der Waals surface area contributed by atoms with Crippen LogP contribution in [-0.4, -0.2) is 27.4 Å².